The molecule has 3 aromatic carbocycles. The first kappa shape index (κ1) is 22.9. The van der Waals surface area contributed by atoms with E-state index >= 15 is 0 Å². The van der Waals surface area contributed by atoms with E-state index in [1.165, 1.54) is 19.1 Å². The van der Waals surface area contributed by atoms with Crippen LogP contribution in [0.15, 0.2) is 64.2 Å². The zero-order valence-electron chi connectivity index (χ0n) is 17.7. The number of benzene rings is 3. The van der Waals surface area contributed by atoms with E-state index in [2.05, 4.69) is 16.8 Å². The maximum Gasteiger partial charge on any atom is 0.333 e. The first-order valence-corrected chi connectivity index (χ1v) is 10.0. The van der Waals surface area contributed by atoms with Crippen LogP contribution in [0.5, 0.6) is 5.75 Å². The molecule has 1 aromatic heterocycles. The van der Waals surface area contributed by atoms with E-state index < -0.39 is 41.6 Å². The second-order valence-electron chi connectivity index (χ2n) is 7.31. The van der Waals surface area contributed by atoms with Gasteiger partial charge in [0.15, 0.2) is 11.6 Å². The minimum atomic E-state index is -2.78. The van der Waals surface area contributed by atoms with Crippen LogP contribution in [0.3, 0.4) is 0 Å². The lowest BCUT2D eigenvalue weighted by molar-refractivity contribution is 0.0825. The van der Waals surface area contributed by atoms with Crippen molar-refractivity contribution in [2.45, 2.75) is 13.3 Å². The number of nitrogens with zero attached hydrogens (tertiary/aromatic N) is 1. The number of aromatic amines is 1. The first-order valence-electron chi connectivity index (χ1n) is 10.0. The maximum absolute atomic E-state index is 14.9. The summed E-state index contributed by atoms with van der Waals surface area (Å²) in [5.41, 5.74) is -2.22. The Hall–Kier alpha value is -4.32. The zero-order valence-corrected chi connectivity index (χ0v) is 17.7. The van der Waals surface area contributed by atoms with Gasteiger partial charge in [-0.05, 0) is 42.8 Å². The van der Waals surface area contributed by atoms with E-state index in [0.717, 1.165) is 12.1 Å². The Morgan fingerprint density at radius 2 is 1.62 bits per heavy atom. The molecule has 0 unspecified atom stereocenters. The third-order valence-electron chi connectivity index (χ3n) is 4.96. The number of aryl methyl sites for hydroxylation is 1. The molecule has 0 aliphatic rings. The van der Waals surface area contributed by atoms with Crippen molar-refractivity contribution in [2.75, 3.05) is 6.61 Å². The molecule has 0 fully saturated rings. The fraction of sp³-hybridized carbons (Fsp3) is 0.120. The van der Waals surface area contributed by atoms with Gasteiger partial charge in [-0.25, -0.2) is 26.9 Å². The number of rotatable bonds is 4. The van der Waals surface area contributed by atoms with Crippen molar-refractivity contribution < 1.29 is 22.3 Å². The van der Waals surface area contributed by atoms with Gasteiger partial charge in [0.1, 0.15) is 18.0 Å². The quantitative estimate of drug-likeness (QED) is 0.359. The molecular weight excluding hydrogens is 452 g/mol. The van der Waals surface area contributed by atoms with Crippen molar-refractivity contribution in [1.82, 2.24) is 9.55 Å². The van der Waals surface area contributed by atoms with Gasteiger partial charge in [-0.1, -0.05) is 36.1 Å². The lowest BCUT2D eigenvalue weighted by atomic mass is 10.1. The summed E-state index contributed by atoms with van der Waals surface area (Å²) < 4.78 is 60.3. The number of fused-ring (bicyclic) bond motifs is 1. The summed E-state index contributed by atoms with van der Waals surface area (Å²) in [5, 5.41) is -0.127. The lowest BCUT2D eigenvalue weighted by Gasteiger charge is -2.13. The van der Waals surface area contributed by atoms with Crippen LogP contribution in [0.1, 0.15) is 16.7 Å². The molecule has 0 bridgehead atoms. The van der Waals surface area contributed by atoms with Crippen molar-refractivity contribution in [3.05, 3.63) is 104 Å². The highest BCUT2D eigenvalue weighted by atomic mass is 19.3. The number of nitrogens with one attached hydrogen (secondary N) is 1. The Morgan fingerprint density at radius 3 is 2.26 bits per heavy atom. The standard InChI is InChI=1S/C25H16F4N2O3/c1-14-7-10-19(34-13-20(28)29)22-21(14)24(32)31(25(33)30-22)23-17(26)11-16(12-18(23)27)9-8-15-5-3-2-4-6-15/h2-7,10-12,20H,13H2,1H3,(H,30,33). The molecule has 34 heavy (non-hydrogen) atoms. The molecule has 0 spiro atoms. The Kier molecular flexibility index (Phi) is 6.23. The molecule has 0 aliphatic carbocycles. The van der Waals surface area contributed by atoms with Gasteiger partial charge in [0.05, 0.1) is 10.9 Å². The van der Waals surface area contributed by atoms with Gasteiger partial charge in [0.2, 0.25) is 0 Å². The van der Waals surface area contributed by atoms with Crippen LogP contribution in [0, 0.1) is 30.4 Å². The minimum Gasteiger partial charge on any atom is -0.485 e. The summed E-state index contributed by atoms with van der Waals surface area (Å²) in [4.78, 5) is 28.2. The lowest BCUT2D eigenvalue weighted by Crippen LogP contribution is -2.35. The van der Waals surface area contributed by atoms with E-state index in [9.17, 15) is 27.2 Å². The summed E-state index contributed by atoms with van der Waals surface area (Å²) in [6, 6.07) is 13.3. The predicted molar refractivity (Wildman–Crippen MR) is 119 cm³/mol. The van der Waals surface area contributed by atoms with Gasteiger partial charge in [-0.15, -0.1) is 0 Å². The van der Waals surface area contributed by atoms with Gasteiger partial charge < -0.3 is 9.72 Å². The number of alkyl halides is 2. The Morgan fingerprint density at radius 1 is 0.971 bits per heavy atom. The monoisotopic (exact) mass is 468 g/mol. The molecule has 4 aromatic rings. The summed E-state index contributed by atoms with van der Waals surface area (Å²) in [5.74, 6) is 2.90. The highest BCUT2D eigenvalue weighted by Gasteiger charge is 2.21. The molecule has 0 saturated heterocycles. The van der Waals surface area contributed by atoms with Gasteiger partial charge in [-0.2, -0.15) is 0 Å². The van der Waals surface area contributed by atoms with E-state index in [4.69, 9.17) is 4.74 Å². The number of aromatic nitrogens is 2. The number of H-pyrrole nitrogens is 1. The van der Waals surface area contributed by atoms with E-state index in [0.29, 0.717) is 15.7 Å². The van der Waals surface area contributed by atoms with Crippen LogP contribution in [0.4, 0.5) is 17.6 Å². The molecule has 0 saturated carbocycles. The van der Waals surface area contributed by atoms with Gasteiger partial charge >= 0.3 is 5.69 Å². The molecule has 172 valence electrons. The van der Waals surface area contributed by atoms with Crippen molar-refractivity contribution >= 4 is 10.9 Å². The molecule has 1 heterocycles. The van der Waals surface area contributed by atoms with Crippen molar-refractivity contribution in [3.8, 4) is 23.3 Å². The molecule has 1 N–H and O–H groups in total. The van der Waals surface area contributed by atoms with Gasteiger partial charge in [0.25, 0.3) is 12.0 Å². The molecule has 0 radical (unpaired) electrons. The zero-order chi connectivity index (χ0) is 24.4. The van der Waals surface area contributed by atoms with Crippen LogP contribution >= 0.6 is 0 Å². The SMILES string of the molecule is Cc1ccc(OCC(F)F)c2[nH]c(=O)n(-c3c(F)cc(C#Cc4ccccc4)cc3F)c(=O)c12. The molecule has 0 amide bonds. The second-order valence-corrected chi connectivity index (χ2v) is 7.31. The van der Waals surface area contributed by atoms with Crippen LogP contribution in [0.2, 0.25) is 0 Å². The maximum atomic E-state index is 14.9. The summed E-state index contributed by atoms with van der Waals surface area (Å²) >= 11 is 0. The van der Waals surface area contributed by atoms with Gasteiger partial charge in [-0.3, -0.25) is 4.79 Å². The molecule has 0 aliphatic heterocycles. The van der Waals surface area contributed by atoms with Crippen LogP contribution in [0.25, 0.3) is 16.6 Å². The fourth-order valence-electron chi connectivity index (χ4n) is 3.45. The molecule has 9 heteroatoms. The third-order valence-corrected chi connectivity index (χ3v) is 4.96. The molecule has 4 rings (SSSR count). The van der Waals surface area contributed by atoms with Crippen molar-refractivity contribution in [3.63, 3.8) is 0 Å². The van der Waals surface area contributed by atoms with E-state index in [-0.39, 0.29) is 22.2 Å². The first-order chi connectivity index (χ1) is 16.3. The van der Waals surface area contributed by atoms with Crippen molar-refractivity contribution in [1.29, 1.82) is 0 Å². The predicted octanol–water partition coefficient (Wildman–Crippen LogP) is 4.31. The topological polar surface area (TPSA) is 64.1 Å². The second kappa shape index (κ2) is 9.27. The Bertz CT molecular complexity index is 1540. The molecule has 0 atom stereocenters. The number of hydrogen-bond acceptors (Lipinski definition) is 3. The number of hydrogen-bond donors (Lipinski definition) is 1. The van der Waals surface area contributed by atoms with E-state index in [1.807, 2.05) is 0 Å². The van der Waals surface area contributed by atoms with Crippen LogP contribution in [-0.4, -0.2) is 22.6 Å². The number of ether oxygens (including phenoxy) is 1. The van der Waals surface area contributed by atoms with E-state index in [1.54, 1.807) is 30.3 Å². The highest BCUT2D eigenvalue weighted by Crippen LogP contribution is 2.25. The smallest absolute Gasteiger partial charge is 0.333 e. The van der Waals surface area contributed by atoms with Crippen LogP contribution < -0.4 is 16.0 Å². The normalized spacial score (nSPS) is 10.9. The minimum absolute atomic E-state index is 0.00624. The summed E-state index contributed by atoms with van der Waals surface area (Å²) in [7, 11) is 0. The summed E-state index contributed by atoms with van der Waals surface area (Å²) in [6.07, 6.45) is -2.78. The molecule has 5 nitrogen and oxygen atoms in total. The Balaban J connectivity index is 1.86. The van der Waals surface area contributed by atoms with Crippen molar-refractivity contribution in [2.24, 2.45) is 0 Å². The summed E-state index contributed by atoms with van der Waals surface area (Å²) in [6.45, 7) is 0.566. The average molecular weight is 468 g/mol. The largest absolute Gasteiger partial charge is 0.485 e. The van der Waals surface area contributed by atoms with Gasteiger partial charge in [0, 0.05) is 11.1 Å². The Labute approximate surface area is 190 Å². The molecular formula is C25H16F4N2O3. The fourth-order valence-corrected chi connectivity index (χ4v) is 3.45. The van der Waals surface area contributed by atoms with Crippen LogP contribution in [-0.2, 0) is 0 Å². The average Bonchev–Trinajstić information content (AvgIpc) is 2.79. The highest BCUT2D eigenvalue weighted by molar-refractivity contribution is 5.86. The number of halogens is 4. The third kappa shape index (κ3) is 4.43.